The van der Waals surface area contributed by atoms with E-state index in [1.54, 1.807) is 0 Å². The predicted octanol–water partition coefficient (Wildman–Crippen LogP) is 3.99. The Labute approximate surface area is 142 Å². The number of rotatable bonds is 5. The van der Waals surface area contributed by atoms with Crippen LogP contribution in [0.4, 0.5) is 0 Å². The van der Waals surface area contributed by atoms with Gasteiger partial charge in [-0.2, -0.15) is 0 Å². The third kappa shape index (κ3) is 3.51. The molecule has 4 nitrogen and oxygen atoms in total. The molecule has 5 heteroatoms. The number of hydrogen-bond donors (Lipinski definition) is 1. The summed E-state index contributed by atoms with van der Waals surface area (Å²) in [6.07, 6.45) is -0.0761. The summed E-state index contributed by atoms with van der Waals surface area (Å²) < 4.78 is 2.54. The van der Waals surface area contributed by atoms with Crippen LogP contribution in [0, 0.1) is 0 Å². The van der Waals surface area contributed by atoms with Crippen LogP contribution in [0.5, 0.6) is 0 Å². The van der Waals surface area contributed by atoms with Gasteiger partial charge in [0.05, 0.1) is 12.1 Å². The predicted molar refractivity (Wildman–Crippen MR) is 92.2 cm³/mol. The van der Waals surface area contributed by atoms with Crippen molar-refractivity contribution in [2.24, 2.45) is 0 Å². The number of aliphatic carboxylic acids is 1. The zero-order valence-electron chi connectivity index (χ0n) is 12.3. The Kier molecular flexibility index (Phi) is 4.57. The fraction of sp³-hybridized carbons (Fsp3) is 0.111. The van der Waals surface area contributed by atoms with E-state index < -0.39 is 5.97 Å². The molecular weight excluding hydrogens is 356 g/mol. The molecule has 1 heterocycles. The van der Waals surface area contributed by atoms with Crippen molar-refractivity contribution in [2.45, 2.75) is 13.0 Å². The molecule has 0 aliphatic rings. The quantitative estimate of drug-likeness (QED) is 0.738. The number of aromatic nitrogens is 2. The van der Waals surface area contributed by atoms with Crippen LogP contribution in [0.2, 0.25) is 0 Å². The molecule has 0 bridgehead atoms. The van der Waals surface area contributed by atoms with E-state index in [9.17, 15) is 9.90 Å². The van der Waals surface area contributed by atoms with Crippen molar-refractivity contribution >= 4 is 21.9 Å². The van der Waals surface area contributed by atoms with E-state index in [1.165, 1.54) is 0 Å². The van der Waals surface area contributed by atoms with Crippen LogP contribution in [-0.4, -0.2) is 20.6 Å². The standard InChI is InChI=1S/C18H15BrN2O2/c19-17-15(11-16(22)23)21(12-13-7-3-1-4-8-13)18(20-17)14-9-5-2-6-10-14/h1-10H,11-12H2,(H,22,23). The highest BCUT2D eigenvalue weighted by molar-refractivity contribution is 9.10. The number of nitrogens with zero attached hydrogens (tertiary/aromatic N) is 2. The molecule has 0 atom stereocenters. The van der Waals surface area contributed by atoms with E-state index in [0.717, 1.165) is 17.0 Å². The monoisotopic (exact) mass is 370 g/mol. The minimum absolute atomic E-state index is 0.0761. The first kappa shape index (κ1) is 15.5. The van der Waals surface area contributed by atoms with Crippen molar-refractivity contribution in [3.05, 3.63) is 76.5 Å². The Morgan fingerprint density at radius 3 is 2.26 bits per heavy atom. The SMILES string of the molecule is O=C(O)Cc1c(Br)nc(-c2ccccc2)n1Cc1ccccc1. The molecule has 0 saturated heterocycles. The minimum atomic E-state index is -0.875. The van der Waals surface area contributed by atoms with E-state index in [2.05, 4.69) is 20.9 Å². The van der Waals surface area contributed by atoms with E-state index in [0.29, 0.717) is 16.8 Å². The van der Waals surface area contributed by atoms with Crippen LogP contribution in [0.15, 0.2) is 65.3 Å². The first-order chi connectivity index (χ1) is 11.1. The third-order valence-electron chi connectivity index (χ3n) is 3.56. The van der Waals surface area contributed by atoms with Crippen LogP contribution < -0.4 is 0 Å². The van der Waals surface area contributed by atoms with Crippen molar-refractivity contribution in [1.29, 1.82) is 0 Å². The van der Waals surface area contributed by atoms with Gasteiger partial charge in [0.15, 0.2) is 0 Å². The summed E-state index contributed by atoms with van der Waals surface area (Å²) in [4.78, 5) is 15.8. The Morgan fingerprint density at radius 1 is 1.04 bits per heavy atom. The van der Waals surface area contributed by atoms with Gasteiger partial charge in [-0.15, -0.1) is 0 Å². The summed E-state index contributed by atoms with van der Waals surface area (Å²) in [6, 6.07) is 19.7. The minimum Gasteiger partial charge on any atom is -0.481 e. The number of benzene rings is 2. The fourth-order valence-electron chi connectivity index (χ4n) is 2.51. The zero-order valence-corrected chi connectivity index (χ0v) is 13.9. The first-order valence-corrected chi connectivity index (χ1v) is 8.00. The van der Waals surface area contributed by atoms with E-state index in [1.807, 2.05) is 65.2 Å². The second-order valence-electron chi connectivity index (χ2n) is 5.18. The molecule has 2 aromatic carbocycles. The van der Waals surface area contributed by atoms with Crippen LogP contribution in [-0.2, 0) is 17.8 Å². The lowest BCUT2D eigenvalue weighted by atomic mass is 10.2. The van der Waals surface area contributed by atoms with E-state index in [-0.39, 0.29) is 6.42 Å². The lowest BCUT2D eigenvalue weighted by molar-refractivity contribution is -0.136. The highest BCUT2D eigenvalue weighted by Crippen LogP contribution is 2.27. The molecule has 116 valence electrons. The van der Waals surface area contributed by atoms with Gasteiger partial charge >= 0.3 is 5.97 Å². The second kappa shape index (κ2) is 6.79. The van der Waals surface area contributed by atoms with Crippen molar-refractivity contribution in [2.75, 3.05) is 0 Å². The lowest BCUT2D eigenvalue weighted by Crippen LogP contribution is -2.11. The Hall–Kier alpha value is -2.40. The molecule has 1 N–H and O–H groups in total. The van der Waals surface area contributed by atoms with E-state index >= 15 is 0 Å². The van der Waals surface area contributed by atoms with Gasteiger partial charge in [-0.25, -0.2) is 4.98 Å². The molecule has 3 rings (SSSR count). The van der Waals surface area contributed by atoms with Crippen LogP contribution in [0.1, 0.15) is 11.3 Å². The van der Waals surface area contributed by atoms with Gasteiger partial charge in [0, 0.05) is 12.1 Å². The number of carbonyl (C=O) groups is 1. The molecule has 0 radical (unpaired) electrons. The fourth-order valence-corrected chi connectivity index (χ4v) is 3.03. The maximum Gasteiger partial charge on any atom is 0.309 e. The van der Waals surface area contributed by atoms with Gasteiger partial charge in [0.25, 0.3) is 0 Å². The third-order valence-corrected chi connectivity index (χ3v) is 4.19. The summed E-state index contributed by atoms with van der Waals surface area (Å²) in [7, 11) is 0. The van der Waals surface area contributed by atoms with Crippen molar-refractivity contribution < 1.29 is 9.90 Å². The highest BCUT2D eigenvalue weighted by atomic mass is 79.9. The smallest absolute Gasteiger partial charge is 0.309 e. The topological polar surface area (TPSA) is 55.1 Å². The molecule has 1 aromatic heterocycles. The van der Waals surface area contributed by atoms with Gasteiger partial charge in [-0.05, 0) is 21.5 Å². The Morgan fingerprint density at radius 2 is 1.65 bits per heavy atom. The average molecular weight is 371 g/mol. The van der Waals surface area contributed by atoms with Gasteiger partial charge in [0.2, 0.25) is 0 Å². The maximum absolute atomic E-state index is 11.2. The maximum atomic E-state index is 11.2. The molecule has 0 fully saturated rings. The zero-order chi connectivity index (χ0) is 16.2. The average Bonchev–Trinajstić information content (AvgIpc) is 2.85. The molecule has 0 unspecified atom stereocenters. The van der Waals surface area contributed by atoms with Gasteiger partial charge in [-0.1, -0.05) is 60.7 Å². The number of carboxylic acids is 1. The molecule has 0 saturated carbocycles. The van der Waals surface area contributed by atoms with Crippen LogP contribution >= 0.6 is 15.9 Å². The summed E-state index contributed by atoms with van der Waals surface area (Å²) in [5, 5.41) is 9.20. The molecule has 0 aliphatic carbocycles. The largest absolute Gasteiger partial charge is 0.481 e. The summed E-state index contributed by atoms with van der Waals surface area (Å²) in [5.41, 5.74) is 2.72. The Bertz CT molecular complexity index is 814. The first-order valence-electron chi connectivity index (χ1n) is 7.21. The summed E-state index contributed by atoms with van der Waals surface area (Å²) >= 11 is 3.41. The number of imidazole rings is 1. The molecule has 0 spiro atoms. The lowest BCUT2D eigenvalue weighted by Gasteiger charge is -2.11. The Balaban J connectivity index is 2.10. The van der Waals surface area contributed by atoms with Gasteiger partial charge in [-0.3, -0.25) is 4.79 Å². The normalized spacial score (nSPS) is 10.7. The number of hydrogen-bond acceptors (Lipinski definition) is 2. The molecule has 3 aromatic rings. The van der Waals surface area contributed by atoms with Crippen LogP contribution in [0.3, 0.4) is 0 Å². The molecule has 0 amide bonds. The van der Waals surface area contributed by atoms with Crippen molar-refractivity contribution in [1.82, 2.24) is 9.55 Å². The summed E-state index contributed by atoms with van der Waals surface area (Å²) in [5.74, 6) is -0.114. The molecular formula is C18H15BrN2O2. The van der Waals surface area contributed by atoms with Crippen molar-refractivity contribution in [3.8, 4) is 11.4 Å². The van der Waals surface area contributed by atoms with Gasteiger partial charge < -0.3 is 9.67 Å². The van der Waals surface area contributed by atoms with E-state index in [4.69, 9.17) is 0 Å². The molecule has 23 heavy (non-hydrogen) atoms. The number of carboxylic acid groups (broad SMARTS) is 1. The summed E-state index contributed by atoms with van der Waals surface area (Å²) in [6.45, 7) is 0.576. The molecule has 0 aliphatic heterocycles. The van der Waals surface area contributed by atoms with Crippen LogP contribution in [0.25, 0.3) is 11.4 Å². The number of halogens is 1. The second-order valence-corrected chi connectivity index (χ2v) is 5.93. The van der Waals surface area contributed by atoms with Gasteiger partial charge in [0.1, 0.15) is 10.4 Å². The highest BCUT2D eigenvalue weighted by Gasteiger charge is 2.19. The van der Waals surface area contributed by atoms with Crippen molar-refractivity contribution in [3.63, 3.8) is 0 Å².